The van der Waals surface area contributed by atoms with Gasteiger partial charge in [0, 0.05) is 25.7 Å². The van der Waals surface area contributed by atoms with E-state index in [9.17, 15) is 4.79 Å². The van der Waals surface area contributed by atoms with Gasteiger partial charge in [-0.25, -0.2) is 0 Å². The molecule has 4 nitrogen and oxygen atoms in total. The number of halogens is 2. The summed E-state index contributed by atoms with van der Waals surface area (Å²) in [5.74, 6) is 0.0502. The average molecular weight is 286 g/mol. The zero-order chi connectivity index (χ0) is 11.5. The van der Waals surface area contributed by atoms with Crippen LogP contribution in [0.2, 0.25) is 0 Å². The van der Waals surface area contributed by atoms with Gasteiger partial charge in [-0.05, 0) is 33.7 Å². The molecule has 0 bridgehead atoms. The number of hydrogen-bond acceptors (Lipinski definition) is 3. The Morgan fingerprint density at radius 1 is 1.41 bits per heavy atom. The van der Waals surface area contributed by atoms with Crippen LogP contribution in [0.25, 0.3) is 0 Å². The van der Waals surface area contributed by atoms with E-state index in [0.717, 1.165) is 19.1 Å². The summed E-state index contributed by atoms with van der Waals surface area (Å²) >= 11 is 0. The molecule has 1 aliphatic carbocycles. The highest BCUT2D eigenvalue weighted by molar-refractivity contribution is 5.85. The van der Waals surface area contributed by atoms with E-state index >= 15 is 0 Å². The van der Waals surface area contributed by atoms with E-state index in [1.807, 2.05) is 13.8 Å². The number of amides is 1. The van der Waals surface area contributed by atoms with Crippen molar-refractivity contribution in [3.8, 4) is 0 Å². The van der Waals surface area contributed by atoms with Crippen LogP contribution in [0.1, 0.15) is 26.7 Å². The quantitative estimate of drug-likeness (QED) is 0.766. The molecule has 1 aliphatic rings. The number of nitrogens with two attached hydrogens (primary N) is 1. The summed E-state index contributed by atoms with van der Waals surface area (Å²) in [5, 5.41) is 2.93. The Hall–Kier alpha value is -0.0300. The van der Waals surface area contributed by atoms with Gasteiger partial charge in [-0.3, -0.25) is 4.79 Å². The second-order valence-corrected chi connectivity index (χ2v) is 5.06. The maximum absolute atomic E-state index is 11.7. The van der Waals surface area contributed by atoms with Crippen LogP contribution in [0.15, 0.2) is 0 Å². The molecule has 0 radical (unpaired) electrons. The summed E-state index contributed by atoms with van der Waals surface area (Å²) < 4.78 is 0. The molecule has 104 valence electrons. The standard InChI is InChI=1S/C11H23N3O.2ClH/c1-11(2,8-12)10(15)13-6-7-14(3)9-4-5-9;;/h9H,4-8,12H2,1-3H3,(H,13,15);2*1H. The monoisotopic (exact) mass is 285 g/mol. The summed E-state index contributed by atoms with van der Waals surface area (Å²) in [6.45, 7) is 5.77. The molecule has 0 heterocycles. The molecule has 1 saturated carbocycles. The van der Waals surface area contributed by atoms with Crippen molar-refractivity contribution in [1.29, 1.82) is 0 Å². The van der Waals surface area contributed by atoms with E-state index in [0.29, 0.717) is 6.54 Å². The Morgan fingerprint density at radius 2 is 1.94 bits per heavy atom. The smallest absolute Gasteiger partial charge is 0.226 e. The number of rotatable bonds is 6. The summed E-state index contributed by atoms with van der Waals surface area (Å²) in [6.07, 6.45) is 2.61. The molecule has 0 aromatic heterocycles. The van der Waals surface area contributed by atoms with Crippen molar-refractivity contribution in [3.05, 3.63) is 0 Å². The molecule has 1 rings (SSSR count). The molecular formula is C11H25Cl2N3O. The van der Waals surface area contributed by atoms with Crippen molar-refractivity contribution >= 4 is 30.7 Å². The molecule has 0 aliphatic heterocycles. The Morgan fingerprint density at radius 3 is 2.35 bits per heavy atom. The summed E-state index contributed by atoms with van der Waals surface area (Å²) in [6, 6.07) is 0.754. The van der Waals surface area contributed by atoms with Gasteiger partial charge in [-0.2, -0.15) is 0 Å². The van der Waals surface area contributed by atoms with Gasteiger partial charge >= 0.3 is 0 Å². The normalized spacial score (nSPS) is 14.9. The molecule has 0 unspecified atom stereocenters. The Balaban J connectivity index is 0. The van der Waals surface area contributed by atoms with Crippen molar-refractivity contribution in [2.45, 2.75) is 32.7 Å². The first-order chi connectivity index (χ1) is 6.97. The molecule has 6 heteroatoms. The Bertz CT molecular complexity index is 233. The SMILES string of the molecule is CN(CCNC(=O)C(C)(C)CN)C1CC1.Cl.Cl. The van der Waals surface area contributed by atoms with E-state index in [-0.39, 0.29) is 30.7 Å². The van der Waals surface area contributed by atoms with Gasteiger partial charge < -0.3 is 16.0 Å². The first kappa shape index (κ1) is 19.3. The van der Waals surface area contributed by atoms with Gasteiger partial charge in [-0.15, -0.1) is 24.8 Å². The lowest BCUT2D eigenvalue weighted by Crippen LogP contribution is -2.44. The van der Waals surface area contributed by atoms with Crippen LogP contribution in [0.3, 0.4) is 0 Å². The molecule has 17 heavy (non-hydrogen) atoms. The third-order valence-electron chi connectivity index (χ3n) is 3.05. The Kier molecular flexibility index (Phi) is 9.25. The maximum Gasteiger partial charge on any atom is 0.226 e. The van der Waals surface area contributed by atoms with Gasteiger partial charge in [0.15, 0.2) is 0 Å². The van der Waals surface area contributed by atoms with E-state index in [4.69, 9.17) is 5.73 Å². The fourth-order valence-electron chi connectivity index (χ4n) is 1.38. The number of carbonyl (C=O) groups is 1. The second kappa shape index (κ2) is 8.14. The first-order valence-corrected chi connectivity index (χ1v) is 5.66. The van der Waals surface area contributed by atoms with E-state index in [2.05, 4.69) is 17.3 Å². The van der Waals surface area contributed by atoms with Crippen LogP contribution in [-0.4, -0.2) is 43.5 Å². The predicted molar refractivity (Wildman–Crippen MR) is 76.0 cm³/mol. The molecule has 0 aromatic carbocycles. The minimum absolute atomic E-state index is 0. The molecule has 0 spiro atoms. The third kappa shape index (κ3) is 6.46. The van der Waals surface area contributed by atoms with Crippen LogP contribution >= 0.6 is 24.8 Å². The number of likely N-dealkylation sites (N-methyl/N-ethyl adjacent to an activating group) is 1. The number of hydrogen-bond donors (Lipinski definition) is 2. The highest BCUT2D eigenvalue weighted by atomic mass is 35.5. The van der Waals surface area contributed by atoms with Gasteiger partial charge in [0.1, 0.15) is 0 Å². The van der Waals surface area contributed by atoms with Crippen LogP contribution in [0.5, 0.6) is 0 Å². The molecule has 0 saturated heterocycles. The van der Waals surface area contributed by atoms with E-state index < -0.39 is 5.41 Å². The lowest BCUT2D eigenvalue weighted by atomic mass is 9.93. The average Bonchev–Trinajstić information content (AvgIpc) is 3.00. The lowest BCUT2D eigenvalue weighted by molar-refractivity contribution is -0.128. The number of carbonyl (C=O) groups excluding carboxylic acids is 1. The van der Waals surface area contributed by atoms with Crippen molar-refractivity contribution in [2.75, 3.05) is 26.7 Å². The lowest BCUT2D eigenvalue weighted by Gasteiger charge is -2.22. The highest BCUT2D eigenvalue weighted by Gasteiger charge is 2.27. The van der Waals surface area contributed by atoms with Crippen molar-refractivity contribution in [3.63, 3.8) is 0 Å². The third-order valence-corrected chi connectivity index (χ3v) is 3.05. The first-order valence-electron chi connectivity index (χ1n) is 5.66. The second-order valence-electron chi connectivity index (χ2n) is 5.06. The topological polar surface area (TPSA) is 58.4 Å². The molecule has 0 aromatic rings. The minimum Gasteiger partial charge on any atom is -0.354 e. The van der Waals surface area contributed by atoms with Crippen LogP contribution in [0, 0.1) is 5.41 Å². The minimum atomic E-state index is -0.446. The van der Waals surface area contributed by atoms with Crippen molar-refractivity contribution in [1.82, 2.24) is 10.2 Å². The fourth-order valence-corrected chi connectivity index (χ4v) is 1.38. The van der Waals surface area contributed by atoms with E-state index in [1.165, 1.54) is 12.8 Å². The van der Waals surface area contributed by atoms with Crippen molar-refractivity contribution < 1.29 is 4.79 Å². The number of nitrogens with one attached hydrogen (secondary N) is 1. The predicted octanol–water partition coefficient (Wildman–Crippen LogP) is 1.03. The summed E-state index contributed by atoms with van der Waals surface area (Å²) in [5.41, 5.74) is 5.08. The molecule has 1 amide bonds. The van der Waals surface area contributed by atoms with E-state index in [1.54, 1.807) is 0 Å². The zero-order valence-electron chi connectivity index (χ0n) is 10.9. The fraction of sp³-hybridized carbons (Fsp3) is 0.909. The molecule has 1 fully saturated rings. The van der Waals surface area contributed by atoms with Gasteiger partial charge in [-0.1, -0.05) is 0 Å². The van der Waals surface area contributed by atoms with Crippen LogP contribution < -0.4 is 11.1 Å². The van der Waals surface area contributed by atoms with Crippen LogP contribution in [-0.2, 0) is 4.79 Å². The highest BCUT2D eigenvalue weighted by Crippen LogP contribution is 2.24. The number of nitrogens with zero attached hydrogens (tertiary/aromatic N) is 1. The van der Waals surface area contributed by atoms with Gasteiger partial charge in [0.05, 0.1) is 5.41 Å². The van der Waals surface area contributed by atoms with Crippen LogP contribution in [0.4, 0.5) is 0 Å². The molecule has 3 N–H and O–H groups in total. The Labute approximate surface area is 117 Å². The summed E-state index contributed by atoms with van der Waals surface area (Å²) in [4.78, 5) is 14.0. The largest absolute Gasteiger partial charge is 0.354 e. The molecule has 0 atom stereocenters. The van der Waals surface area contributed by atoms with Gasteiger partial charge in [0.25, 0.3) is 0 Å². The molecular weight excluding hydrogens is 261 g/mol. The maximum atomic E-state index is 11.7. The van der Waals surface area contributed by atoms with Gasteiger partial charge in [0.2, 0.25) is 5.91 Å². The summed E-state index contributed by atoms with van der Waals surface area (Å²) in [7, 11) is 2.11. The van der Waals surface area contributed by atoms with Crippen molar-refractivity contribution in [2.24, 2.45) is 11.1 Å². The zero-order valence-corrected chi connectivity index (χ0v) is 12.5.